The number of carbonyl (C=O) groups excluding carboxylic acids is 3. The van der Waals surface area contributed by atoms with Gasteiger partial charge < -0.3 is 29.5 Å². The fraction of sp³-hybridized carbons (Fsp3) is 0.531. The SMILES string of the molecule is CN1CC(=O)N[C@H]2CN(C(=O)CCCN3CCCC3)CC[C@H]2OCc2cccc(c2)Oc2cccc(c2)CCC1=O. The maximum absolute atomic E-state index is 13.1. The molecule has 41 heavy (non-hydrogen) atoms. The largest absolute Gasteiger partial charge is 0.457 e. The minimum absolute atomic E-state index is 0.0446. The van der Waals surface area contributed by atoms with E-state index in [0.29, 0.717) is 50.5 Å². The molecule has 2 aromatic rings. The van der Waals surface area contributed by atoms with Crippen LogP contribution < -0.4 is 10.1 Å². The quantitative estimate of drug-likeness (QED) is 0.615. The summed E-state index contributed by atoms with van der Waals surface area (Å²) in [6.07, 6.45) is 5.06. The van der Waals surface area contributed by atoms with Crippen LogP contribution in [-0.2, 0) is 32.1 Å². The van der Waals surface area contributed by atoms with E-state index < -0.39 is 0 Å². The summed E-state index contributed by atoms with van der Waals surface area (Å²) in [6, 6.07) is 15.2. The predicted octanol–water partition coefficient (Wildman–Crippen LogP) is 3.36. The number of aryl methyl sites for hydroxylation is 1. The molecule has 2 saturated heterocycles. The first kappa shape index (κ1) is 29.1. The minimum atomic E-state index is -0.361. The Balaban J connectivity index is 1.28. The van der Waals surface area contributed by atoms with Crippen LogP contribution in [-0.4, -0.2) is 90.9 Å². The highest BCUT2D eigenvalue weighted by molar-refractivity contribution is 5.85. The lowest BCUT2D eigenvalue weighted by Crippen LogP contribution is -2.58. The minimum Gasteiger partial charge on any atom is -0.457 e. The lowest BCUT2D eigenvalue weighted by molar-refractivity contribution is -0.138. The molecule has 0 aromatic heterocycles. The van der Waals surface area contributed by atoms with Gasteiger partial charge in [-0.3, -0.25) is 14.4 Å². The van der Waals surface area contributed by atoms with Gasteiger partial charge in [0.05, 0.1) is 25.3 Å². The number of carbonyl (C=O) groups is 3. The number of nitrogens with zero attached hydrogens (tertiary/aromatic N) is 3. The molecule has 3 amide bonds. The predicted molar refractivity (Wildman–Crippen MR) is 156 cm³/mol. The number of nitrogens with one attached hydrogen (secondary N) is 1. The number of hydrogen-bond donors (Lipinski definition) is 1. The van der Waals surface area contributed by atoms with Crippen LogP contribution in [0.3, 0.4) is 0 Å². The van der Waals surface area contributed by atoms with Crippen molar-refractivity contribution in [1.82, 2.24) is 20.0 Å². The van der Waals surface area contributed by atoms with Crippen LogP contribution in [0.25, 0.3) is 0 Å². The first-order chi connectivity index (χ1) is 19.9. The molecule has 2 atom stereocenters. The van der Waals surface area contributed by atoms with Crippen LogP contribution in [0.2, 0.25) is 0 Å². The topological polar surface area (TPSA) is 91.4 Å². The van der Waals surface area contributed by atoms with Crippen molar-refractivity contribution in [3.05, 3.63) is 59.7 Å². The van der Waals surface area contributed by atoms with Crippen LogP contribution in [0, 0.1) is 0 Å². The Morgan fingerprint density at radius 2 is 1.71 bits per heavy atom. The lowest BCUT2D eigenvalue weighted by Gasteiger charge is -2.39. The van der Waals surface area contributed by atoms with Gasteiger partial charge in [-0.1, -0.05) is 24.3 Å². The summed E-state index contributed by atoms with van der Waals surface area (Å²) < 4.78 is 12.5. The van der Waals surface area contributed by atoms with E-state index in [-0.39, 0.29) is 42.8 Å². The van der Waals surface area contributed by atoms with Gasteiger partial charge in [0.25, 0.3) is 0 Å². The van der Waals surface area contributed by atoms with E-state index in [4.69, 9.17) is 9.47 Å². The standard InChI is InChI=1S/C32H42N4O5/c1-34-22-30(37)33-28-21-36(32(39)11-6-17-35-15-2-3-16-35)18-14-29(28)40-23-25-8-5-10-27(20-25)41-26-9-4-7-24(19-26)12-13-31(34)38/h4-5,7-10,19-20,28-29H,2-3,6,11-18,21-23H2,1H3,(H,33,37)/t28-,29+/m0/s1. The molecule has 9 nitrogen and oxygen atoms in total. The summed E-state index contributed by atoms with van der Waals surface area (Å²) in [5, 5.41) is 3.09. The van der Waals surface area contributed by atoms with Crippen molar-refractivity contribution in [3.63, 3.8) is 0 Å². The molecule has 0 spiro atoms. The molecule has 3 heterocycles. The number of rotatable bonds is 4. The molecular formula is C32H42N4O5. The van der Waals surface area contributed by atoms with Crippen LogP contribution in [0.5, 0.6) is 11.5 Å². The van der Waals surface area contributed by atoms with Crippen molar-refractivity contribution in [1.29, 1.82) is 0 Å². The second-order valence-corrected chi connectivity index (χ2v) is 11.5. The van der Waals surface area contributed by atoms with E-state index >= 15 is 0 Å². The third kappa shape index (κ3) is 8.30. The lowest BCUT2D eigenvalue weighted by atomic mass is 10.0. The Morgan fingerprint density at radius 1 is 0.976 bits per heavy atom. The Morgan fingerprint density at radius 3 is 2.49 bits per heavy atom. The smallest absolute Gasteiger partial charge is 0.239 e. The Hall–Kier alpha value is -3.43. The van der Waals surface area contributed by atoms with Crippen LogP contribution in [0.4, 0.5) is 0 Å². The summed E-state index contributed by atoms with van der Waals surface area (Å²) in [7, 11) is 1.65. The molecular weight excluding hydrogens is 520 g/mol. The van der Waals surface area contributed by atoms with Crippen molar-refractivity contribution >= 4 is 17.7 Å². The van der Waals surface area contributed by atoms with Gasteiger partial charge in [-0.15, -0.1) is 0 Å². The van der Waals surface area contributed by atoms with Crippen LogP contribution >= 0.6 is 0 Å². The van der Waals surface area contributed by atoms with E-state index in [2.05, 4.69) is 10.2 Å². The fourth-order valence-corrected chi connectivity index (χ4v) is 5.91. The molecule has 3 aliphatic rings. The van der Waals surface area contributed by atoms with Crippen molar-refractivity contribution in [2.75, 3.05) is 46.3 Å². The van der Waals surface area contributed by atoms with Gasteiger partial charge in [0.1, 0.15) is 11.5 Å². The van der Waals surface area contributed by atoms with Gasteiger partial charge >= 0.3 is 0 Å². The van der Waals surface area contributed by atoms with Crippen LogP contribution in [0.1, 0.15) is 49.7 Å². The number of likely N-dealkylation sites (N-methyl/N-ethyl adjacent to an activating group) is 1. The van der Waals surface area contributed by atoms with Gasteiger partial charge in [0, 0.05) is 33.0 Å². The number of likely N-dealkylation sites (tertiary alicyclic amines) is 2. The monoisotopic (exact) mass is 562 g/mol. The van der Waals surface area contributed by atoms with Crippen molar-refractivity contribution in [2.45, 2.75) is 63.7 Å². The number of amides is 3. The highest BCUT2D eigenvalue weighted by Crippen LogP contribution is 2.25. The first-order valence-corrected chi connectivity index (χ1v) is 14.9. The van der Waals surface area contributed by atoms with E-state index in [1.54, 1.807) is 7.05 Å². The highest BCUT2D eigenvalue weighted by atomic mass is 16.5. The average molecular weight is 563 g/mol. The zero-order valence-corrected chi connectivity index (χ0v) is 24.1. The molecule has 5 rings (SSSR count). The zero-order chi connectivity index (χ0) is 28.6. The number of hydrogen-bond acceptors (Lipinski definition) is 6. The molecule has 220 valence electrons. The molecule has 3 aliphatic heterocycles. The zero-order valence-electron chi connectivity index (χ0n) is 24.1. The van der Waals surface area contributed by atoms with Crippen molar-refractivity contribution in [3.8, 4) is 11.5 Å². The molecule has 2 fully saturated rings. The van der Waals surface area contributed by atoms with E-state index in [9.17, 15) is 14.4 Å². The van der Waals surface area contributed by atoms with E-state index in [1.807, 2.05) is 53.4 Å². The molecule has 2 aromatic carbocycles. The second kappa shape index (κ2) is 14.0. The molecule has 4 bridgehead atoms. The molecule has 0 radical (unpaired) electrons. The first-order valence-electron chi connectivity index (χ1n) is 14.9. The Labute approximate surface area is 242 Å². The summed E-state index contributed by atoms with van der Waals surface area (Å²) in [4.78, 5) is 44.7. The van der Waals surface area contributed by atoms with Gasteiger partial charge in [-0.2, -0.15) is 0 Å². The molecule has 9 heteroatoms. The van der Waals surface area contributed by atoms with E-state index in [0.717, 1.165) is 37.2 Å². The normalized spacial score (nSPS) is 22.8. The molecule has 0 saturated carbocycles. The molecule has 1 N–H and O–H groups in total. The van der Waals surface area contributed by atoms with Crippen molar-refractivity contribution in [2.24, 2.45) is 0 Å². The number of piperidine rings is 1. The van der Waals surface area contributed by atoms with Gasteiger partial charge in [-0.25, -0.2) is 0 Å². The number of benzene rings is 2. The fourth-order valence-electron chi connectivity index (χ4n) is 5.91. The van der Waals surface area contributed by atoms with Crippen molar-refractivity contribution < 1.29 is 23.9 Å². The summed E-state index contributed by atoms with van der Waals surface area (Å²) in [6.45, 7) is 4.52. The third-order valence-electron chi connectivity index (χ3n) is 8.24. The second-order valence-electron chi connectivity index (χ2n) is 11.5. The third-order valence-corrected chi connectivity index (χ3v) is 8.24. The molecule has 0 unspecified atom stereocenters. The summed E-state index contributed by atoms with van der Waals surface area (Å²) in [5.74, 6) is 1.18. The Kier molecular flexibility index (Phi) is 9.90. The maximum atomic E-state index is 13.1. The van der Waals surface area contributed by atoms with Gasteiger partial charge in [0.2, 0.25) is 17.7 Å². The Bertz CT molecular complexity index is 1210. The maximum Gasteiger partial charge on any atom is 0.239 e. The summed E-state index contributed by atoms with van der Waals surface area (Å²) >= 11 is 0. The average Bonchev–Trinajstić information content (AvgIpc) is 3.48. The van der Waals surface area contributed by atoms with Gasteiger partial charge in [0.15, 0.2) is 0 Å². The number of ether oxygens (including phenoxy) is 2. The highest BCUT2D eigenvalue weighted by Gasteiger charge is 2.33. The van der Waals surface area contributed by atoms with E-state index in [1.165, 1.54) is 17.7 Å². The van der Waals surface area contributed by atoms with Gasteiger partial charge in [-0.05, 0) is 87.1 Å². The molecule has 0 aliphatic carbocycles. The van der Waals surface area contributed by atoms with Crippen LogP contribution in [0.15, 0.2) is 48.5 Å². The summed E-state index contributed by atoms with van der Waals surface area (Å²) in [5.41, 5.74) is 1.96. The number of fused-ring (bicyclic) bond motifs is 5.